The van der Waals surface area contributed by atoms with Gasteiger partial charge in [0.15, 0.2) is 0 Å². The summed E-state index contributed by atoms with van der Waals surface area (Å²) < 4.78 is 0. The molecule has 84 valence electrons. The van der Waals surface area contributed by atoms with E-state index < -0.39 is 0 Å². The molecule has 0 aliphatic rings. The summed E-state index contributed by atoms with van der Waals surface area (Å²) in [7, 11) is 0. The van der Waals surface area contributed by atoms with Crippen molar-refractivity contribution in [1.29, 1.82) is 0 Å². The molecule has 0 unspecified atom stereocenters. The van der Waals surface area contributed by atoms with Crippen molar-refractivity contribution in [3.8, 4) is 0 Å². The molecule has 1 nitrogen and oxygen atoms in total. The number of nitrogens with one attached hydrogen (secondary N) is 1. The monoisotopic (exact) mass is 245 g/mol. The van der Waals surface area contributed by atoms with Crippen LogP contribution in [0.3, 0.4) is 0 Å². The topological polar surface area (TPSA) is 12.0 Å². The van der Waals surface area contributed by atoms with Crippen LogP contribution in [0.4, 0.5) is 0 Å². The van der Waals surface area contributed by atoms with Crippen LogP contribution in [-0.4, -0.2) is 6.54 Å². The minimum atomic E-state index is 0. The summed E-state index contributed by atoms with van der Waals surface area (Å²) in [4.78, 5) is 0. The van der Waals surface area contributed by atoms with E-state index >= 15 is 0 Å². The second-order valence-corrected chi connectivity index (χ2v) is 3.98. The summed E-state index contributed by atoms with van der Waals surface area (Å²) in [6, 6.07) is 7.91. The van der Waals surface area contributed by atoms with E-state index in [4.69, 9.17) is 11.6 Å². The van der Waals surface area contributed by atoms with Crippen LogP contribution in [0, 0.1) is 0 Å². The predicted octanol–water partition coefficient (Wildman–Crippen LogP) is 3.82. The Morgan fingerprint density at radius 3 is 2.40 bits per heavy atom. The van der Waals surface area contributed by atoms with E-state index in [0.717, 1.165) is 18.1 Å². The van der Waals surface area contributed by atoms with E-state index in [1.807, 2.05) is 24.3 Å². The molecule has 0 bridgehead atoms. The molecule has 1 aromatic rings. The quantitative estimate of drug-likeness (QED) is 0.629. The van der Waals surface area contributed by atoms with Gasteiger partial charge in [-0.15, -0.1) is 12.4 Å². The van der Waals surface area contributed by atoms with Crippen LogP contribution in [0.2, 0.25) is 5.02 Å². The van der Waals surface area contributed by atoms with Crippen LogP contribution >= 0.6 is 24.0 Å². The van der Waals surface area contributed by atoms with Gasteiger partial charge in [0.1, 0.15) is 0 Å². The van der Waals surface area contributed by atoms with Gasteiger partial charge in [0.05, 0.1) is 0 Å². The maximum absolute atomic E-state index is 5.78. The molecule has 15 heavy (non-hydrogen) atoms. The fraction of sp³-hybridized carbons (Fsp3) is 0.333. The molecule has 0 aliphatic heterocycles. The van der Waals surface area contributed by atoms with Crippen molar-refractivity contribution >= 4 is 24.0 Å². The summed E-state index contributed by atoms with van der Waals surface area (Å²) in [6.07, 6.45) is 2.18. The third-order valence-corrected chi connectivity index (χ3v) is 2.15. The minimum Gasteiger partial charge on any atom is -0.309 e. The Balaban J connectivity index is 0.00000196. The SMILES string of the molecule is CC(C)=CCNCc1ccc(Cl)cc1.Cl. The van der Waals surface area contributed by atoms with Gasteiger partial charge in [-0.3, -0.25) is 0 Å². The highest BCUT2D eigenvalue weighted by Gasteiger charge is 1.91. The molecule has 1 rings (SSSR count). The fourth-order valence-electron chi connectivity index (χ4n) is 1.10. The van der Waals surface area contributed by atoms with E-state index in [2.05, 4.69) is 25.2 Å². The first-order valence-corrected chi connectivity index (χ1v) is 5.15. The van der Waals surface area contributed by atoms with Gasteiger partial charge >= 0.3 is 0 Å². The normalized spacial score (nSPS) is 9.27. The number of hydrogen-bond donors (Lipinski definition) is 1. The second-order valence-electron chi connectivity index (χ2n) is 3.54. The van der Waals surface area contributed by atoms with Crippen molar-refractivity contribution in [3.05, 3.63) is 46.5 Å². The lowest BCUT2D eigenvalue weighted by molar-refractivity contribution is 0.757. The molecule has 0 amide bonds. The van der Waals surface area contributed by atoms with Crippen LogP contribution in [0.25, 0.3) is 0 Å². The van der Waals surface area contributed by atoms with Crippen molar-refractivity contribution in [2.75, 3.05) is 6.54 Å². The lowest BCUT2D eigenvalue weighted by Crippen LogP contribution is -2.12. The maximum Gasteiger partial charge on any atom is 0.0406 e. The third kappa shape index (κ3) is 6.56. The molecule has 0 saturated carbocycles. The van der Waals surface area contributed by atoms with Crippen molar-refractivity contribution in [3.63, 3.8) is 0 Å². The van der Waals surface area contributed by atoms with Gasteiger partial charge in [0, 0.05) is 18.1 Å². The van der Waals surface area contributed by atoms with E-state index in [9.17, 15) is 0 Å². The Labute approximate surface area is 103 Å². The van der Waals surface area contributed by atoms with Gasteiger partial charge in [-0.05, 0) is 31.5 Å². The number of halogens is 2. The van der Waals surface area contributed by atoms with Crippen molar-refractivity contribution < 1.29 is 0 Å². The highest BCUT2D eigenvalue weighted by molar-refractivity contribution is 6.30. The van der Waals surface area contributed by atoms with E-state index in [-0.39, 0.29) is 12.4 Å². The van der Waals surface area contributed by atoms with Gasteiger partial charge < -0.3 is 5.32 Å². The van der Waals surface area contributed by atoms with Crippen LogP contribution in [0.5, 0.6) is 0 Å². The van der Waals surface area contributed by atoms with Gasteiger partial charge in [-0.25, -0.2) is 0 Å². The molecule has 3 heteroatoms. The zero-order chi connectivity index (χ0) is 10.4. The maximum atomic E-state index is 5.78. The summed E-state index contributed by atoms with van der Waals surface area (Å²) >= 11 is 5.78. The lowest BCUT2D eigenvalue weighted by Gasteiger charge is -2.02. The molecule has 0 fully saturated rings. The van der Waals surface area contributed by atoms with E-state index in [1.165, 1.54) is 11.1 Å². The van der Waals surface area contributed by atoms with Gasteiger partial charge in [0.2, 0.25) is 0 Å². The van der Waals surface area contributed by atoms with Crippen molar-refractivity contribution in [2.24, 2.45) is 0 Å². The number of rotatable bonds is 4. The molecule has 0 saturated heterocycles. The predicted molar refractivity (Wildman–Crippen MR) is 69.8 cm³/mol. The number of benzene rings is 1. The zero-order valence-corrected chi connectivity index (χ0v) is 10.7. The highest BCUT2D eigenvalue weighted by Crippen LogP contribution is 2.08. The number of allylic oxidation sites excluding steroid dienone is 1. The average Bonchev–Trinajstić information content (AvgIpc) is 2.15. The van der Waals surface area contributed by atoms with Gasteiger partial charge in [-0.1, -0.05) is 35.4 Å². The molecular formula is C12H17Cl2N. The number of hydrogen-bond acceptors (Lipinski definition) is 1. The Hall–Kier alpha value is -0.500. The van der Waals surface area contributed by atoms with Crippen LogP contribution in [0.1, 0.15) is 19.4 Å². The second kappa shape index (κ2) is 7.75. The fourth-order valence-corrected chi connectivity index (χ4v) is 1.22. The summed E-state index contributed by atoms with van der Waals surface area (Å²) in [6.45, 7) is 6.01. The van der Waals surface area contributed by atoms with Crippen LogP contribution in [0.15, 0.2) is 35.9 Å². The average molecular weight is 246 g/mol. The Morgan fingerprint density at radius 2 is 1.87 bits per heavy atom. The minimum absolute atomic E-state index is 0. The molecule has 0 spiro atoms. The first-order chi connectivity index (χ1) is 6.68. The van der Waals surface area contributed by atoms with E-state index in [1.54, 1.807) is 0 Å². The van der Waals surface area contributed by atoms with Crippen LogP contribution < -0.4 is 5.32 Å². The smallest absolute Gasteiger partial charge is 0.0406 e. The summed E-state index contributed by atoms with van der Waals surface area (Å²) in [5, 5.41) is 4.12. The third-order valence-electron chi connectivity index (χ3n) is 1.90. The van der Waals surface area contributed by atoms with Crippen molar-refractivity contribution in [2.45, 2.75) is 20.4 Å². The largest absolute Gasteiger partial charge is 0.309 e. The molecule has 0 aromatic heterocycles. The molecule has 0 atom stereocenters. The zero-order valence-electron chi connectivity index (χ0n) is 9.09. The first-order valence-electron chi connectivity index (χ1n) is 4.77. The lowest BCUT2D eigenvalue weighted by atomic mass is 10.2. The summed E-state index contributed by atoms with van der Waals surface area (Å²) in [5.41, 5.74) is 2.60. The molecular weight excluding hydrogens is 229 g/mol. The van der Waals surface area contributed by atoms with Gasteiger partial charge in [0.25, 0.3) is 0 Å². The Bertz CT molecular complexity index is 300. The molecule has 0 heterocycles. The first kappa shape index (κ1) is 14.5. The Morgan fingerprint density at radius 1 is 1.27 bits per heavy atom. The molecule has 0 aliphatic carbocycles. The molecule has 0 radical (unpaired) electrons. The Kier molecular flexibility index (Phi) is 7.49. The standard InChI is InChI=1S/C12H16ClN.ClH/c1-10(2)7-8-14-9-11-3-5-12(13)6-4-11;/h3-7,14H,8-9H2,1-2H3;1H. The van der Waals surface area contributed by atoms with Gasteiger partial charge in [-0.2, -0.15) is 0 Å². The molecule has 1 aromatic carbocycles. The summed E-state index contributed by atoms with van der Waals surface area (Å²) in [5.74, 6) is 0. The van der Waals surface area contributed by atoms with E-state index in [0.29, 0.717) is 0 Å². The van der Waals surface area contributed by atoms with Crippen molar-refractivity contribution in [1.82, 2.24) is 5.32 Å². The molecule has 1 N–H and O–H groups in total. The van der Waals surface area contributed by atoms with Crippen LogP contribution in [-0.2, 0) is 6.54 Å². The highest BCUT2D eigenvalue weighted by atomic mass is 35.5.